The number of methoxy groups -OCH3 is 1. The third-order valence-corrected chi connectivity index (χ3v) is 3.25. The molecule has 1 atom stereocenters. The maximum atomic E-state index is 12.0. The quantitative estimate of drug-likeness (QED) is 0.682. The van der Waals surface area contributed by atoms with E-state index >= 15 is 0 Å². The van der Waals surface area contributed by atoms with E-state index in [9.17, 15) is 14.7 Å². The van der Waals surface area contributed by atoms with Crippen molar-refractivity contribution in [3.8, 4) is 5.75 Å². The van der Waals surface area contributed by atoms with Gasteiger partial charge in [-0.15, -0.1) is 0 Å². The van der Waals surface area contributed by atoms with Crippen molar-refractivity contribution in [1.82, 2.24) is 0 Å². The molecule has 0 spiro atoms. The molecule has 2 rings (SSSR count). The molecule has 23 heavy (non-hydrogen) atoms. The summed E-state index contributed by atoms with van der Waals surface area (Å²) in [5.74, 6) is -0.478. The molecule has 0 radical (unpaired) electrons. The molecular formula is C16H18N2O5. The zero-order valence-corrected chi connectivity index (χ0v) is 12.7. The number of carboxylic acid groups (broad SMARTS) is 1. The molecule has 0 aliphatic heterocycles. The molecule has 0 unspecified atom stereocenters. The monoisotopic (exact) mass is 318 g/mol. The largest absolute Gasteiger partial charge is 0.544 e. The fourth-order valence-corrected chi connectivity index (χ4v) is 2.06. The maximum absolute atomic E-state index is 12.0. The first-order valence-electron chi connectivity index (χ1n) is 7.09. The zero-order valence-electron chi connectivity index (χ0n) is 12.7. The summed E-state index contributed by atoms with van der Waals surface area (Å²) in [4.78, 5) is 23.2. The number of nitrogens with one attached hydrogen (secondary N) is 1. The number of rotatable bonds is 8. The molecule has 7 heteroatoms. The number of carbonyl (C=O) groups is 2. The highest BCUT2D eigenvalue weighted by molar-refractivity contribution is 5.93. The van der Waals surface area contributed by atoms with Crippen LogP contribution >= 0.6 is 0 Å². The molecule has 0 aliphatic carbocycles. The first-order chi connectivity index (χ1) is 11.1. The van der Waals surface area contributed by atoms with Gasteiger partial charge in [0.05, 0.1) is 25.8 Å². The minimum absolute atomic E-state index is 0.208. The van der Waals surface area contributed by atoms with E-state index < -0.39 is 17.9 Å². The molecule has 0 saturated carbocycles. The molecule has 122 valence electrons. The molecule has 1 aromatic carbocycles. The van der Waals surface area contributed by atoms with E-state index in [0.717, 1.165) is 0 Å². The fourth-order valence-electron chi connectivity index (χ4n) is 2.06. The van der Waals surface area contributed by atoms with Crippen LogP contribution in [0.2, 0.25) is 0 Å². The molecule has 0 bridgehead atoms. The number of furan rings is 1. The van der Waals surface area contributed by atoms with Crippen LogP contribution in [0, 0.1) is 0 Å². The van der Waals surface area contributed by atoms with Crippen LogP contribution in [0.3, 0.4) is 0 Å². The SMILES string of the molecule is COc1cccc(NC(=O)C[C@@H]([NH2+]Cc2ccco2)C(=O)[O-])c1. The van der Waals surface area contributed by atoms with Gasteiger partial charge in [0.1, 0.15) is 18.3 Å². The second-order valence-corrected chi connectivity index (χ2v) is 4.93. The first-order valence-corrected chi connectivity index (χ1v) is 7.09. The van der Waals surface area contributed by atoms with Gasteiger partial charge in [0.15, 0.2) is 5.76 Å². The highest BCUT2D eigenvalue weighted by Gasteiger charge is 2.19. The van der Waals surface area contributed by atoms with E-state index in [1.165, 1.54) is 18.7 Å². The Kier molecular flexibility index (Phi) is 5.76. The Balaban J connectivity index is 1.90. The van der Waals surface area contributed by atoms with E-state index in [1.54, 1.807) is 36.4 Å². The van der Waals surface area contributed by atoms with Crippen molar-refractivity contribution in [3.63, 3.8) is 0 Å². The maximum Gasteiger partial charge on any atom is 0.230 e. The number of aliphatic carboxylic acids is 1. The summed E-state index contributed by atoms with van der Waals surface area (Å²) in [5.41, 5.74) is 0.539. The topological polar surface area (TPSA) is 108 Å². The minimum atomic E-state index is -1.29. The number of quaternary nitrogens is 1. The Hall–Kier alpha value is -2.80. The summed E-state index contributed by atoms with van der Waals surface area (Å²) >= 11 is 0. The van der Waals surface area contributed by atoms with Crippen LogP contribution in [0.1, 0.15) is 12.2 Å². The molecule has 2 aromatic rings. The molecule has 1 amide bonds. The van der Waals surface area contributed by atoms with Crippen molar-refractivity contribution in [2.45, 2.75) is 19.0 Å². The Morgan fingerprint density at radius 2 is 2.17 bits per heavy atom. The molecule has 7 nitrogen and oxygen atoms in total. The number of anilines is 1. The number of amides is 1. The van der Waals surface area contributed by atoms with Gasteiger partial charge >= 0.3 is 0 Å². The van der Waals surface area contributed by atoms with Crippen molar-refractivity contribution in [2.75, 3.05) is 12.4 Å². The lowest BCUT2D eigenvalue weighted by molar-refractivity contribution is -0.698. The van der Waals surface area contributed by atoms with E-state index in [2.05, 4.69) is 5.32 Å². The number of carbonyl (C=O) groups excluding carboxylic acids is 2. The summed E-state index contributed by atoms with van der Waals surface area (Å²) in [7, 11) is 1.52. The summed E-state index contributed by atoms with van der Waals surface area (Å²) in [6, 6.07) is 9.28. The van der Waals surface area contributed by atoms with Crippen molar-refractivity contribution in [3.05, 3.63) is 48.4 Å². The zero-order chi connectivity index (χ0) is 16.7. The van der Waals surface area contributed by atoms with Gasteiger partial charge in [0, 0.05) is 11.8 Å². The molecule has 0 fully saturated rings. The van der Waals surface area contributed by atoms with E-state index in [-0.39, 0.29) is 6.42 Å². The van der Waals surface area contributed by atoms with Gasteiger partial charge in [-0.05, 0) is 24.3 Å². The first kappa shape index (κ1) is 16.6. The summed E-state index contributed by atoms with van der Waals surface area (Å²) in [6.07, 6.45) is 1.30. The Labute approximate surface area is 133 Å². The number of hydrogen-bond donors (Lipinski definition) is 2. The lowest BCUT2D eigenvalue weighted by Crippen LogP contribution is -2.92. The number of hydrogen-bond acceptors (Lipinski definition) is 5. The number of benzene rings is 1. The predicted octanol–water partition coefficient (Wildman–Crippen LogP) is -0.501. The Bertz CT molecular complexity index is 654. The molecule has 3 N–H and O–H groups in total. The minimum Gasteiger partial charge on any atom is -0.544 e. The highest BCUT2D eigenvalue weighted by atomic mass is 16.5. The van der Waals surface area contributed by atoms with Gasteiger partial charge in [0.2, 0.25) is 5.91 Å². The number of ether oxygens (including phenoxy) is 1. The van der Waals surface area contributed by atoms with Crippen LogP contribution in [-0.2, 0) is 16.1 Å². The Morgan fingerprint density at radius 1 is 1.35 bits per heavy atom. The van der Waals surface area contributed by atoms with Crippen molar-refractivity contribution in [1.29, 1.82) is 0 Å². The van der Waals surface area contributed by atoms with Gasteiger partial charge in [0.25, 0.3) is 0 Å². The molecule has 1 aromatic heterocycles. The van der Waals surface area contributed by atoms with Gasteiger partial charge < -0.3 is 29.7 Å². The lowest BCUT2D eigenvalue weighted by Gasteiger charge is -2.16. The molecular weight excluding hydrogens is 300 g/mol. The molecule has 0 saturated heterocycles. The molecule has 0 aliphatic rings. The third kappa shape index (κ3) is 5.15. The van der Waals surface area contributed by atoms with Crippen molar-refractivity contribution in [2.24, 2.45) is 0 Å². The van der Waals surface area contributed by atoms with Crippen LogP contribution in [-0.4, -0.2) is 25.0 Å². The standard InChI is InChI=1S/C16H18N2O5/c1-22-12-5-2-4-11(8-12)18-15(19)9-14(16(20)21)17-10-13-6-3-7-23-13/h2-8,14,17H,9-10H2,1H3,(H,18,19)(H,20,21)/t14-/m1/s1. The number of carboxylic acids is 1. The van der Waals surface area contributed by atoms with Crippen LogP contribution in [0.25, 0.3) is 0 Å². The highest BCUT2D eigenvalue weighted by Crippen LogP contribution is 2.16. The van der Waals surface area contributed by atoms with E-state index in [4.69, 9.17) is 9.15 Å². The molecule has 1 heterocycles. The van der Waals surface area contributed by atoms with E-state index in [1.807, 2.05) is 0 Å². The van der Waals surface area contributed by atoms with Crippen molar-refractivity contribution >= 4 is 17.6 Å². The van der Waals surface area contributed by atoms with Crippen LogP contribution in [0.5, 0.6) is 5.75 Å². The van der Waals surface area contributed by atoms with Crippen LogP contribution in [0.15, 0.2) is 47.1 Å². The predicted molar refractivity (Wildman–Crippen MR) is 79.4 cm³/mol. The summed E-state index contributed by atoms with van der Waals surface area (Å²) in [6.45, 7) is 0.318. The average molecular weight is 318 g/mol. The number of nitrogens with two attached hydrogens (primary N) is 1. The summed E-state index contributed by atoms with van der Waals surface area (Å²) < 4.78 is 10.2. The van der Waals surface area contributed by atoms with Crippen LogP contribution < -0.4 is 20.5 Å². The Morgan fingerprint density at radius 3 is 2.83 bits per heavy atom. The normalized spacial score (nSPS) is 11.7. The van der Waals surface area contributed by atoms with Gasteiger partial charge in [-0.3, -0.25) is 4.79 Å². The van der Waals surface area contributed by atoms with Crippen molar-refractivity contribution < 1.29 is 29.2 Å². The second kappa shape index (κ2) is 8.00. The van der Waals surface area contributed by atoms with E-state index in [0.29, 0.717) is 23.7 Å². The average Bonchev–Trinajstić information content (AvgIpc) is 3.04. The summed E-state index contributed by atoms with van der Waals surface area (Å²) in [5, 5.41) is 15.3. The van der Waals surface area contributed by atoms with Gasteiger partial charge in [-0.25, -0.2) is 0 Å². The smallest absolute Gasteiger partial charge is 0.230 e. The lowest BCUT2D eigenvalue weighted by atomic mass is 10.2. The fraction of sp³-hybridized carbons (Fsp3) is 0.250. The van der Waals surface area contributed by atoms with Gasteiger partial charge in [-0.2, -0.15) is 0 Å². The second-order valence-electron chi connectivity index (χ2n) is 4.93. The van der Waals surface area contributed by atoms with Gasteiger partial charge in [-0.1, -0.05) is 6.07 Å². The van der Waals surface area contributed by atoms with Crippen LogP contribution in [0.4, 0.5) is 5.69 Å². The third-order valence-electron chi connectivity index (χ3n) is 3.25.